The zero-order chi connectivity index (χ0) is 24.1. The van der Waals surface area contributed by atoms with Gasteiger partial charge in [-0.25, -0.2) is 9.18 Å². The van der Waals surface area contributed by atoms with Crippen molar-refractivity contribution >= 4 is 11.9 Å². The summed E-state index contributed by atoms with van der Waals surface area (Å²) in [7, 11) is 0. The van der Waals surface area contributed by atoms with Crippen LogP contribution in [0.15, 0.2) is 60.7 Å². The van der Waals surface area contributed by atoms with E-state index in [9.17, 15) is 9.18 Å². The topological polar surface area (TPSA) is 76.1 Å². The molecule has 33 heavy (non-hydrogen) atoms. The van der Waals surface area contributed by atoms with Crippen molar-refractivity contribution in [2.24, 2.45) is 0 Å². The smallest absolute Gasteiger partial charge is 0.407 e. The van der Waals surface area contributed by atoms with Crippen molar-refractivity contribution in [2.45, 2.75) is 52.2 Å². The fraction of sp³-hybridized carbons (Fsp3) is 0.346. The van der Waals surface area contributed by atoms with E-state index in [-0.39, 0.29) is 11.2 Å². The molecule has 0 aliphatic rings. The molecule has 174 valence electrons. The van der Waals surface area contributed by atoms with Crippen molar-refractivity contribution in [1.82, 2.24) is 15.5 Å². The van der Waals surface area contributed by atoms with Gasteiger partial charge in [0.15, 0.2) is 0 Å². The minimum atomic E-state index is -0.536. The molecule has 2 aromatic carbocycles. The van der Waals surface area contributed by atoms with Gasteiger partial charge in [0.1, 0.15) is 17.2 Å². The van der Waals surface area contributed by atoms with Gasteiger partial charge < -0.3 is 15.4 Å². The molecule has 1 amide bonds. The van der Waals surface area contributed by atoms with Crippen LogP contribution in [0.5, 0.6) is 0 Å². The Morgan fingerprint density at radius 2 is 1.70 bits per heavy atom. The van der Waals surface area contributed by atoms with Crippen LogP contribution in [-0.2, 0) is 16.7 Å². The molecule has 1 aromatic heterocycles. The molecule has 0 radical (unpaired) electrons. The number of rotatable bonds is 7. The maximum Gasteiger partial charge on any atom is 0.407 e. The van der Waals surface area contributed by atoms with Gasteiger partial charge in [0.25, 0.3) is 0 Å². The Kier molecular flexibility index (Phi) is 7.31. The van der Waals surface area contributed by atoms with E-state index in [4.69, 9.17) is 4.74 Å². The van der Waals surface area contributed by atoms with Crippen molar-refractivity contribution in [1.29, 1.82) is 0 Å². The molecule has 2 N–H and O–H groups in total. The summed E-state index contributed by atoms with van der Waals surface area (Å²) in [6.07, 6.45) is -0.452. The van der Waals surface area contributed by atoms with E-state index in [0.717, 1.165) is 22.4 Å². The molecule has 0 atom stereocenters. The summed E-state index contributed by atoms with van der Waals surface area (Å²) in [5.41, 5.74) is 2.87. The maximum atomic E-state index is 13.2. The van der Waals surface area contributed by atoms with Crippen molar-refractivity contribution < 1.29 is 13.9 Å². The highest BCUT2D eigenvalue weighted by atomic mass is 19.1. The van der Waals surface area contributed by atoms with Gasteiger partial charge in [-0.2, -0.15) is 0 Å². The van der Waals surface area contributed by atoms with Crippen LogP contribution in [0.2, 0.25) is 0 Å². The summed E-state index contributed by atoms with van der Waals surface area (Å²) in [5.74, 6) is 0.422. The average molecular weight is 451 g/mol. The molecule has 0 aliphatic carbocycles. The predicted octanol–water partition coefficient (Wildman–Crippen LogP) is 5.70. The molecule has 0 unspecified atom stereocenters. The summed E-state index contributed by atoms with van der Waals surface area (Å²) >= 11 is 0. The number of aromatic nitrogens is 2. The summed E-state index contributed by atoms with van der Waals surface area (Å²) in [6.45, 7) is 10.6. The number of hydrogen-bond donors (Lipinski definition) is 2. The second kappa shape index (κ2) is 9.98. The fourth-order valence-corrected chi connectivity index (χ4v) is 3.22. The van der Waals surface area contributed by atoms with Crippen LogP contribution in [0.4, 0.5) is 15.0 Å². The highest BCUT2D eigenvalue weighted by Crippen LogP contribution is 2.24. The monoisotopic (exact) mass is 450 g/mol. The standard InChI is InChI=1S/C26H31FN4O2/c1-25(2,3)33-24(32)28-16-18-7-6-8-19(15-18)22-13-14-23(31-30-22)29-17-26(4,5)20-9-11-21(27)12-10-20/h6-15H,16-17H2,1-5H3,(H,28,32)(H,29,31). The zero-order valence-electron chi connectivity index (χ0n) is 19.8. The molecule has 3 aromatic rings. The normalized spacial score (nSPS) is 11.7. The molecule has 0 bridgehead atoms. The van der Waals surface area contributed by atoms with Crippen LogP contribution in [-0.4, -0.2) is 28.4 Å². The van der Waals surface area contributed by atoms with Gasteiger partial charge in [-0.15, -0.1) is 10.2 Å². The Hall–Kier alpha value is -3.48. The first-order valence-corrected chi connectivity index (χ1v) is 10.9. The number of alkyl carbamates (subject to hydrolysis) is 1. The number of nitrogens with zero attached hydrogens (tertiary/aromatic N) is 2. The Labute approximate surface area is 194 Å². The van der Waals surface area contributed by atoms with E-state index in [1.165, 1.54) is 12.1 Å². The number of halogens is 1. The molecular weight excluding hydrogens is 419 g/mol. The third-order valence-corrected chi connectivity index (χ3v) is 5.06. The van der Waals surface area contributed by atoms with Gasteiger partial charge in [-0.3, -0.25) is 0 Å². The molecule has 0 saturated heterocycles. The maximum absolute atomic E-state index is 13.2. The van der Waals surface area contributed by atoms with Crippen molar-refractivity contribution in [2.75, 3.05) is 11.9 Å². The highest BCUT2D eigenvalue weighted by molar-refractivity contribution is 5.68. The van der Waals surface area contributed by atoms with Gasteiger partial charge in [-0.1, -0.05) is 44.2 Å². The third kappa shape index (κ3) is 7.27. The molecule has 0 saturated carbocycles. The van der Waals surface area contributed by atoms with E-state index < -0.39 is 11.7 Å². The average Bonchev–Trinajstić information content (AvgIpc) is 2.76. The molecule has 7 heteroatoms. The minimum Gasteiger partial charge on any atom is -0.444 e. The Morgan fingerprint density at radius 1 is 0.970 bits per heavy atom. The molecular formula is C26H31FN4O2. The van der Waals surface area contributed by atoms with Crippen LogP contribution in [0.25, 0.3) is 11.3 Å². The predicted molar refractivity (Wildman–Crippen MR) is 128 cm³/mol. The van der Waals surface area contributed by atoms with Gasteiger partial charge in [0.05, 0.1) is 5.69 Å². The number of ether oxygens (including phenoxy) is 1. The summed E-state index contributed by atoms with van der Waals surface area (Å²) in [4.78, 5) is 11.9. The molecule has 0 fully saturated rings. The molecule has 0 spiro atoms. The van der Waals surface area contributed by atoms with E-state index in [0.29, 0.717) is 18.9 Å². The Morgan fingerprint density at radius 3 is 2.33 bits per heavy atom. The van der Waals surface area contributed by atoms with Gasteiger partial charge >= 0.3 is 6.09 Å². The lowest BCUT2D eigenvalue weighted by atomic mass is 9.84. The van der Waals surface area contributed by atoms with E-state index >= 15 is 0 Å². The highest BCUT2D eigenvalue weighted by Gasteiger charge is 2.20. The summed E-state index contributed by atoms with van der Waals surface area (Å²) in [5, 5.41) is 14.7. The van der Waals surface area contributed by atoms with Crippen LogP contribution in [0.1, 0.15) is 45.7 Å². The van der Waals surface area contributed by atoms with Crippen molar-refractivity contribution in [3.63, 3.8) is 0 Å². The quantitative estimate of drug-likeness (QED) is 0.483. The lowest BCUT2D eigenvalue weighted by molar-refractivity contribution is 0.0523. The first-order chi connectivity index (χ1) is 15.5. The number of nitrogens with one attached hydrogen (secondary N) is 2. The minimum absolute atomic E-state index is 0.205. The van der Waals surface area contributed by atoms with Crippen molar-refractivity contribution in [3.8, 4) is 11.3 Å². The van der Waals surface area contributed by atoms with Crippen molar-refractivity contribution in [3.05, 3.63) is 77.6 Å². The van der Waals surface area contributed by atoms with Crippen LogP contribution in [0, 0.1) is 5.82 Å². The lowest BCUT2D eigenvalue weighted by Gasteiger charge is -2.25. The SMILES string of the molecule is CC(C)(C)OC(=O)NCc1cccc(-c2ccc(NCC(C)(C)c3ccc(F)cc3)nn2)c1. The second-order valence-electron chi connectivity index (χ2n) is 9.60. The van der Waals surface area contributed by atoms with Gasteiger partial charge in [0.2, 0.25) is 0 Å². The largest absolute Gasteiger partial charge is 0.444 e. The lowest BCUT2D eigenvalue weighted by Crippen LogP contribution is -2.32. The summed E-state index contributed by atoms with van der Waals surface area (Å²) < 4.78 is 18.5. The van der Waals surface area contributed by atoms with Gasteiger partial charge in [0, 0.05) is 24.1 Å². The molecule has 3 rings (SSSR count). The first kappa shape index (κ1) is 24.2. The Bertz CT molecular complexity index is 1070. The number of benzene rings is 2. The first-order valence-electron chi connectivity index (χ1n) is 10.9. The van der Waals surface area contributed by atoms with E-state index in [1.807, 2.05) is 57.2 Å². The van der Waals surface area contributed by atoms with Crippen LogP contribution < -0.4 is 10.6 Å². The van der Waals surface area contributed by atoms with E-state index in [2.05, 4.69) is 34.7 Å². The number of amides is 1. The van der Waals surface area contributed by atoms with Gasteiger partial charge in [-0.05, 0) is 62.2 Å². The number of anilines is 1. The second-order valence-corrected chi connectivity index (χ2v) is 9.60. The van der Waals surface area contributed by atoms with Crippen LogP contribution in [0.3, 0.4) is 0 Å². The third-order valence-electron chi connectivity index (χ3n) is 5.06. The fourth-order valence-electron chi connectivity index (χ4n) is 3.22. The van der Waals surface area contributed by atoms with E-state index in [1.54, 1.807) is 12.1 Å². The van der Waals surface area contributed by atoms with Crippen LogP contribution >= 0.6 is 0 Å². The summed E-state index contributed by atoms with van der Waals surface area (Å²) in [6, 6.07) is 18.1. The Balaban J connectivity index is 1.60. The zero-order valence-corrected chi connectivity index (χ0v) is 19.8. The molecule has 1 heterocycles. The number of carbonyl (C=O) groups excluding carboxylic acids is 1. The molecule has 6 nitrogen and oxygen atoms in total. The molecule has 0 aliphatic heterocycles. The number of carbonyl (C=O) groups is 1. The number of hydrogen-bond acceptors (Lipinski definition) is 5.